The molecule has 0 aliphatic heterocycles. The average Bonchev–Trinajstić information content (AvgIpc) is 2.79. The van der Waals surface area contributed by atoms with Crippen LogP contribution < -0.4 is 5.32 Å². The van der Waals surface area contributed by atoms with E-state index in [1.54, 1.807) is 11.3 Å². The third-order valence-electron chi connectivity index (χ3n) is 2.39. The van der Waals surface area contributed by atoms with E-state index >= 15 is 0 Å². The lowest BCUT2D eigenvalue weighted by atomic mass is 10.3. The van der Waals surface area contributed by atoms with Crippen molar-refractivity contribution >= 4 is 11.3 Å². The monoisotopic (exact) mass is 248 g/mol. The van der Waals surface area contributed by atoms with Crippen LogP contribution in [0.3, 0.4) is 0 Å². The Morgan fingerprint density at radius 2 is 2.18 bits per heavy atom. The summed E-state index contributed by atoms with van der Waals surface area (Å²) in [4.78, 5) is 4.27. The van der Waals surface area contributed by atoms with Gasteiger partial charge in [-0.2, -0.15) is 0 Å². The third kappa shape index (κ3) is 3.31. The summed E-state index contributed by atoms with van der Waals surface area (Å²) in [6.45, 7) is 6.03. The molecule has 0 aliphatic carbocycles. The van der Waals surface area contributed by atoms with Crippen LogP contribution in [0.15, 0.2) is 18.3 Å². The summed E-state index contributed by atoms with van der Waals surface area (Å²) in [5.41, 5.74) is 2.06. The summed E-state index contributed by atoms with van der Waals surface area (Å²) < 4.78 is 0. The molecular weight excluding hydrogens is 232 g/mol. The standard InChI is InChI=1S/C12H16N4S/c1-3-13-7-6-11-15-16-12(17-11)10-5-4-9(2)14-8-10/h4-5,8,13H,3,6-7H2,1-2H3. The largest absolute Gasteiger partial charge is 0.317 e. The zero-order valence-corrected chi connectivity index (χ0v) is 10.9. The first-order chi connectivity index (χ1) is 8.29. The molecule has 0 saturated carbocycles. The molecule has 1 N–H and O–H groups in total. The Balaban J connectivity index is 2.04. The third-order valence-corrected chi connectivity index (χ3v) is 3.42. The Kier molecular flexibility index (Phi) is 4.17. The van der Waals surface area contributed by atoms with Gasteiger partial charge < -0.3 is 5.32 Å². The highest BCUT2D eigenvalue weighted by Gasteiger charge is 2.06. The first-order valence-corrected chi connectivity index (χ1v) is 6.57. The molecule has 90 valence electrons. The second-order valence-corrected chi connectivity index (χ2v) is 4.85. The van der Waals surface area contributed by atoms with Gasteiger partial charge in [0.1, 0.15) is 10.0 Å². The van der Waals surface area contributed by atoms with Crippen LogP contribution in [0.5, 0.6) is 0 Å². The fourth-order valence-corrected chi connectivity index (χ4v) is 2.27. The molecule has 0 atom stereocenters. The van der Waals surface area contributed by atoms with Crippen molar-refractivity contribution < 1.29 is 0 Å². The maximum Gasteiger partial charge on any atom is 0.149 e. The first kappa shape index (κ1) is 12.1. The lowest BCUT2D eigenvalue weighted by Crippen LogP contribution is -2.15. The molecule has 0 fully saturated rings. The fourth-order valence-electron chi connectivity index (χ4n) is 1.44. The highest BCUT2D eigenvalue weighted by Crippen LogP contribution is 2.22. The van der Waals surface area contributed by atoms with Gasteiger partial charge in [0.05, 0.1) is 0 Å². The number of aryl methyl sites for hydroxylation is 1. The molecular formula is C12H16N4S. The molecule has 0 unspecified atom stereocenters. The number of aromatic nitrogens is 3. The van der Waals surface area contributed by atoms with Gasteiger partial charge in [0.15, 0.2) is 0 Å². The highest BCUT2D eigenvalue weighted by molar-refractivity contribution is 7.14. The molecule has 0 spiro atoms. The lowest BCUT2D eigenvalue weighted by molar-refractivity contribution is 0.710. The number of likely N-dealkylation sites (N-methyl/N-ethyl adjacent to an activating group) is 1. The predicted molar refractivity (Wildman–Crippen MR) is 70.1 cm³/mol. The van der Waals surface area contributed by atoms with E-state index in [0.29, 0.717) is 0 Å². The molecule has 2 heterocycles. The van der Waals surface area contributed by atoms with Crippen LogP contribution in [0, 0.1) is 6.92 Å². The van der Waals surface area contributed by atoms with Crippen LogP contribution in [-0.4, -0.2) is 28.3 Å². The SMILES string of the molecule is CCNCCc1nnc(-c2ccc(C)nc2)s1. The van der Waals surface area contributed by atoms with Gasteiger partial charge in [-0.15, -0.1) is 10.2 Å². The van der Waals surface area contributed by atoms with Gasteiger partial charge in [-0.05, 0) is 25.6 Å². The topological polar surface area (TPSA) is 50.7 Å². The van der Waals surface area contributed by atoms with E-state index in [4.69, 9.17) is 0 Å². The molecule has 2 aromatic rings. The number of hydrogen-bond donors (Lipinski definition) is 1. The summed E-state index contributed by atoms with van der Waals surface area (Å²) in [6.07, 6.45) is 2.79. The van der Waals surface area contributed by atoms with Crippen LogP contribution in [0.1, 0.15) is 17.6 Å². The molecule has 17 heavy (non-hydrogen) atoms. The van der Waals surface area contributed by atoms with Crippen LogP contribution in [0.2, 0.25) is 0 Å². The second-order valence-electron chi connectivity index (χ2n) is 3.79. The Morgan fingerprint density at radius 1 is 1.29 bits per heavy atom. The molecule has 0 aromatic carbocycles. The van der Waals surface area contributed by atoms with Gasteiger partial charge in [0.2, 0.25) is 0 Å². The van der Waals surface area contributed by atoms with Crippen molar-refractivity contribution in [2.75, 3.05) is 13.1 Å². The Hall–Kier alpha value is -1.33. The van der Waals surface area contributed by atoms with Gasteiger partial charge in [0.25, 0.3) is 0 Å². The highest BCUT2D eigenvalue weighted by atomic mass is 32.1. The van der Waals surface area contributed by atoms with Crippen LogP contribution in [0.4, 0.5) is 0 Å². The minimum absolute atomic E-state index is 0.935. The molecule has 0 saturated heterocycles. The van der Waals surface area contributed by atoms with Gasteiger partial charge in [0, 0.05) is 30.4 Å². The second kappa shape index (κ2) is 5.84. The normalized spacial score (nSPS) is 10.7. The Labute approximate surface area is 105 Å². The summed E-state index contributed by atoms with van der Waals surface area (Å²) in [5.74, 6) is 0. The van der Waals surface area contributed by atoms with E-state index < -0.39 is 0 Å². The van der Waals surface area contributed by atoms with E-state index in [1.807, 2.05) is 25.3 Å². The van der Waals surface area contributed by atoms with E-state index in [1.165, 1.54) is 0 Å². The smallest absolute Gasteiger partial charge is 0.149 e. The van der Waals surface area contributed by atoms with Crippen LogP contribution in [-0.2, 0) is 6.42 Å². The van der Waals surface area contributed by atoms with E-state index in [0.717, 1.165) is 40.8 Å². The average molecular weight is 248 g/mol. The number of hydrogen-bond acceptors (Lipinski definition) is 5. The van der Waals surface area contributed by atoms with Crippen molar-refractivity contribution in [3.05, 3.63) is 29.0 Å². The molecule has 2 rings (SSSR count). The minimum atomic E-state index is 0.935. The Bertz CT molecular complexity index is 464. The van der Waals surface area contributed by atoms with Crippen LogP contribution >= 0.6 is 11.3 Å². The van der Waals surface area contributed by atoms with Crippen molar-refractivity contribution in [2.45, 2.75) is 20.3 Å². The van der Waals surface area contributed by atoms with Gasteiger partial charge in [-0.25, -0.2) is 0 Å². The number of nitrogens with zero attached hydrogens (tertiary/aromatic N) is 3. The summed E-state index contributed by atoms with van der Waals surface area (Å²) >= 11 is 1.64. The van der Waals surface area contributed by atoms with E-state index in [-0.39, 0.29) is 0 Å². The van der Waals surface area contributed by atoms with Crippen molar-refractivity contribution in [2.24, 2.45) is 0 Å². The molecule has 4 nitrogen and oxygen atoms in total. The molecule has 0 bridgehead atoms. The molecule has 5 heteroatoms. The van der Waals surface area contributed by atoms with E-state index in [9.17, 15) is 0 Å². The summed E-state index contributed by atoms with van der Waals surface area (Å²) in [7, 11) is 0. The maximum atomic E-state index is 4.27. The fraction of sp³-hybridized carbons (Fsp3) is 0.417. The first-order valence-electron chi connectivity index (χ1n) is 5.75. The number of pyridine rings is 1. The lowest BCUT2D eigenvalue weighted by Gasteiger charge is -1.96. The van der Waals surface area contributed by atoms with Gasteiger partial charge in [-0.3, -0.25) is 4.98 Å². The van der Waals surface area contributed by atoms with Gasteiger partial charge in [-0.1, -0.05) is 18.3 Å². The zero-order valence-electron chi connectivity index (χ0n) is 10.1. The molecule has 2 aromatic heterocycles. The van der Waals surface area contributed by atoms with Gasteiger partial charge >= 0.3 is 0 Å². The summed E-state index contributed by atoms with van der Waals surface area (Å²) in [5, 5.41) is 13.7. The minimum Gasteiger partial charge on any atom is -0.317 e. The van der Waals surface area contributed by atoms with Crippen molar-refractivity contribution in [1.29, 1.82) is 0 Å². The summed E-state index contributed by atoms with van der Waals surface area (Å²) in [6, 6.07) is 4.03. The number of rotatable bonds is 5. The predicted octanol–water partition coefficient (Wildman–Crippen LogP) is 2.06. The number of nitrogens with one attached hydrogen (secondary N) is 1. The molecule has 0 radical (unpaired) electrons. The van der Waals surface area contributed by atoms with Crippen molar-refractivity contribution in [3.8, 4) is 10.6 Å². The maximum absolute atomic E-state index is 4.27. The molecule has 0 aliphatic rings. The quantitative estimate of drug-likeness (QED) is 0.823. The Morgan fingerprint density at radius 3 is 2.88 bits per heavy atom. The van der Waals surface area contributed by atoms with Crippen molar-refractivity contribution in [3.63, 3.8) is 0 Å². The van der Waals surface area contributed by atoms with Crippen LogP contribution in [0.25, 0.3) is 10.6 Å². The van der Waals surface area contributed by atoms with Crippen molar-refractivity contribution in [1.82, 2.24) is 20.5 Å². The molecule has 0 amide bonds. The van der Waals surface area contributed by atoms with E-state index in [2.05, 4.69) is 27.4 Å². The zero-order chi connectivity index (χ0) is 12.1.